The summed E-state index contributed by atoms with van der Waals surface area (Å²) in [5.41, 5.74) is 6.76. The minimum atomic E-state index is -0.580. The van der Waals surface area contributed by atoms with Crippen LogP contribution in [0.3, 0.4) is 0 Å². The van der Waals surface area contributed by atoms with E-state index >= 15 is 0 Å². The molecule has 0 saturated heterocycles. The maximum absolute atomic E-state index is 12.0. The highest BCUT2D eigenvalue weighted by Crippen LogP contribution is 2.12. The SMILES string of the molecule is COCCCN(C)C(=O)C(N)c1ccccc1. The van der Waals surface area contributed by atoms with Gasteiger partial charge in [0.25, 0.3) is 0 Å². The number of amides is 1. The van der Waals surface area contributed by atoms with Crippen LogP contribution in [-0.2, 0) is 9.53 Å². The topological polar surface area (TPSA) is 55.6 Å². The summed E-state index contributed by atoms with van der Waals surface area (Å²) in [4.78, 5) is 13.6. The fourth-order valence-electron chi connectivity index (χ4n) is 1.60. The summed E-state index contributed by atoms with van der Waals surface area (Å²) < 4.78 is 4.95. The Balaban J connectivity index is 2.51. The number of rotatable bonds is 6. The minimum Gasteiger partial charge on any atom is -0.385 e. The van der Waals surface area contributed by atoms with E-state index in [1.807, 2.05) is 30.3 Å². The second kappa shape index (κ2) is 7.04. The van der Waals surface area contributed by atoms with Crippen LogP contribution in [0.25, 0.3) is 0 Å². The summed E-state index contributed by atoms with van der Waals surface area (Å²) >= 11 is 0. The van der Waals surface area contributed by atoms with Gasteiger partial charge in [0.1, 0.15) is 6.04 Å². The third-order valence-electron chi connectivity index (χ3n) is 2.64. The van der Waals surface area contributed by atoms with Gasteiger partial charge in [-0.2, -0.15) is 0 Å². The van der Waals surface area contributed by atoms with Crippen molar-refractivity contribution in [3.63, 3.8) is 0 Å². The van der Waals surface area contributed by atoms with Gasteiger partial charge in [-0.3, -0.25) is 4.79 Å². The highest BCUT2D eigenvalue weighted by molar-refractivity contribution is 5.82. The molecule has 4 nitrogen and oxygen atoms in total. The Hall–Kier alpha value is -1.39. The van der Waals surface area contributed by atoms with E-state index in [-0.39, 0.29) is 5.91 Å². The van der Waals surface area contributed by atoms with Crippen molar-refractivity contribution in [1.82, 2.24) is 4.90 Å². The summed E-state index contributed by atoms with van der Waals surface area (Å²) in [6.45, 7) is 1.31. The summed E-state index contributed by atoms with van der Waals surface area (Å²) in [7, 11) is 3.41. The summed E-state index contributed by atoms with van der Waals surface area (Å²) in [6.07, 6.45) is 0.820. The molecule has 0 heterocycles. The van der Waals surface area contributed by atoms with Crippen molar-refractivity contribution < 1.29 is 9.53 Å². The van der Waals surface area contributed by atoms with Gasteiger partial charge in [0.15, 0.2) is 0 Å². The third-order valence-corrected chi connectivity index (χ3v) is 2.64. The molecule has 0 fully saturated rings. The van der Waals surface area contributed by atoms with Crippen molar-refractivity contribution >= 4 is 5.91 Å². The molecule has 0 saturated carbocycles. The average molecular weight is 236 g/mol. The standard InChI is InChI=1S/C13H20N2O2/c1-15(9-6-10-17-2)13(16)12(14)11-7-4-3-5-8-11/h3-5,7-8,12H,6,9-10,14H2,1-2H3. The van der Waals surface area contributed by atoms with Crippen LogP contribution in [0.5, 0.6) is 0 Å². The lowest BCUT2D eigenvalue weighted by Crippen LogP contribution is -2.36. The predicted octanol–water partition coefficient (Wildman–Crippen LogP) is 1.18. The molecule has 0 spiro atoms. The Kier molecular flexibility index (Phi) is 5.66. The fourth-order valence-corrected chi connectivity index (χ4v) is 1.60. The highest BCUT2D eigenvalue weighted by atomic mass is 16.5. The van der Waals surface area contributed by atoms with Crippen molar-refractivity contribution in [2.45, 2.75) is 12.5 Å². The Morgan fingerprint density at radius 3 is 2.65 bits per heavy atom. The molecule has 1 aromatic carbocycles. The first-order valence-electron chi connectivity index (χ1n) is 5.71. The first-order valence-corrected chi connectivity index (χ1v) is 5.71. The number of nitrogens with two attached hydrogens (primary N) is 1. The van der Waals surface area contributed by atoms with Crippen LogP contribution in [-0.4, -0.2) is 38.1 Å². The van der Waals surface area contributed by atoms with Gasteiger partial charge >= 0.3 is 0 Å². The summed E-state index contributed by atoms with van der Waals surface area (Å²) in [5.74, 6) is -0.0627. The number of ether oxygens (including phenoxy) is 1. The second-order valence-corrected chi connectivity index (χ2v) is 3.99. The zero-order chi connectivity index (χ0) is 12.7. The van der Waals surface area contributed by atoms with Gasteiger partial charge in [-0.15, -0.1) is 0 Å². The van der Waals surface area contributed by atoms with Crippen LogP contribution in [0.15, 0.2) is 30.3 Å². The molecule has 4 heteroatoms. The van der Waals surface area contributed by atoms with Gasteiger partial charge in [-0.1, -0.05) is 30.3 Å². The zero-order valence-corrected chi connectivity index (χ0v) is 10.4. The Morgan fingerprint density at radius 1 is 1.41 bits per heavy atom. The molecule has 94 valence electrons. The number of hydrogen-bond acceptors (Lipinski definition) is 3. The lowest BCUT2D eigenvalue weighted by molar-refractivity contribution is -0.131. The van der Waals surface area contributed by atoms with E-state index in [1.54, 1.807) is 19.1 Å². The number of hydrogen-bond donors (Lipinski definition) is 1. The molecule has 17 heavy (non-hydrogen) atoms. The highest BCUT2D eigenvalue weighted by Gasteiger charge is 2.18. The molecule has 0 aliphatic heterocycles. The number of benzene rings is 1. The number of likely N-dealkylation sites (N-methyl/N-ethyl adjacent to an activating group) is 1. The van der Waals surface area contributed by atoms with Crippen LogP contribution in [0.2, 0.25) is 0 Å². The van der Waals surface area contributed by atoms with Crippen molar-refractivity contribution in [3.8, 4) is 0 Å². The number of methoxy groups -OCH3 is 1. The van der Waals surface area contributed by atoms with Crippen LogP contribution in [0.4, 0.5) is 0 Å². The predicted molar refractivity (Wildman–Crippen MR) is 67.5 cm³/mol. The first kappa shape index (κ1) is 13.7. The monoisotopic (exact) mass is 236 g/mol. The quantitative estimate of drug-likeness (QED) is 0.755. The van der Waals surface area contributed by atoms with Crippen molar-refractivity contribution in [1.29, 1.82) is 0 Å². The van der Waals surface area contributed by atoms with Crippen molar-refractivity contribution in [2.75, 3.05) is 27.3 Å². The van der Waals surface area contributed by atoms with Gasteiger partial charge in [0.2, 0.25) is 5.91 Å². The summed E-state index contributed by atoms with van der Waals surface area (Å²) in [5, 5.41) is 0. The van der Waals surface area contributed by atoms with Gasteiger partial charge in [-0.05, 0) is 12.0 Å². The minimum absolute atomic E-state index is 0.0627. The van der Waals surface area contributed by atoms with Crippen molar-refractivity contribution in [3.05, 3.63) is 35.9 Å². The molecular formula is C13H20N2O2. The third kappa shape index (κ3) is 4.17. The molecule has 0 aliphatic rings. The molecule has 2 N–H and O–H groups in total. The molecule has 0 aromatic heterocycles. The Bertz CT molecular complexity index is 341. The fraction of sp³-hybridized carbons (Fsp3) is 0.462. The van der Waals surface area contributed by atoms with Crippen LogP contribution in [0, 0.1) is 0 Å². The average Bonchev–Trinajstić information content (AvgIpc) is 2.38. The van der Waals surface area contributed by atoms with E-state index in [0.717, 1.165) is 12.0 Å². The smallest absolute Gasteiger partial charge is 0.243 e. The molecule has 1 unspecified atom stereocenters. The van der Waals surface area contributed by atoms with Gasteiger partial charge in [-0.25, -0.2) is 0 Å². The molecular weight excluding hydrogens is 216 g/mol. The number of carbonyl (C=O) groups excluding carboxylic acids is 1. The second-order valence-electron chi connectivity index (χ2n) is 3.99. The molecule has 0 bridgehead atoms. The lowest BCUT2D eigenvalue weighted by atomic mass is 10.1. The maximum atomic E-state index is 12.0. The largest absolute Gasteiger partial charge is 0.385 e. The molecule has 1 atom stereocenters. The molecule has 1 rings (SSSR count). The Morgan fingerprint density at radius 2 is 2.06 bits per heavy atom. The number of nitrogens with zero attached hydrogens (tertiary/aromatic N) is 1. The normalized spacial score (nSPS) is 12.2. The van der Waals surface area contributed by atoms with Gasteiger partial charge < -0.3 is 15.4 Å². The summed E-state index contributed by atoms with van der Waals surface area (Å²) in [6, 6.07) is 8.82. The lowest BCUT2D eigenvalue weighted by Gasteiger charge is -2.21. The van der Waals surface area contributed by atoms with E-state index in [1.165, 1.54) is 0 Å². The molecule has 0 aliphatic carbocycles. The van der Waals surface area contributed by atoms with E-state index in [0.29, 0.717) is 13.2 Å². The molecule has 0 radical (unpaired) electrons. The van der Waals surface area contributed by atoms with Crippen molar-refractivity contribution in [2.24, 2.45) is 5.73 Å². The van der Waals surface area contributed by atoms with Crippen LogP contribution < -0.4 is 5.73 Å². The van der Waals surface area contributed by atoms with E-state index in [4.69, 9.17) is 10.5 Å². The van der Waals surface area contributed by atoms with E-state index in [9.17, 15) is 4.79 Å². The van der Waals surface area contributed by atoms with Gasteiger partial charge in [0, 0.05) is 27.3 Å². The van der Waals surface area contributed by atoms with Crippen LogP contribution >= 0.6 is 0 Å². The first-order chi connectivity index (χ1) is 8.16. The Labute approximate surface area is 102 Å². The van der Waals surface area contributed by atoms with Crippen LogP contribution in [0.1, 0.15) is 18.0 Å². The molecule has 1 aromatic rings. The van der Waals surface area contributed by atoms with E-state index < -0.39 is 6.04 Å². The molecule has 1 amide bonds. The maximum Gasteiger partial charge on any atom is 0.243 e. The van der Waals surface area contributed by atoms with Gasteiger partial charge in [0.05, 0.1) is 0 Å². The van der Waals surface area contributed by atoms with E-state index in [2.05, 4.69) is 0 Å². The number of carbonyl (C=O) groups is 1. The zero-order valence-electron chi connectivity index (χ0n) is 10.4.